The van der Waals surface area contributed by atoms with Crippen LogP contribution < -0.4 is 15.2 Å². The first kappa shape index (κ1) is 14.0. The SMILES string of the molecule is COc1ccc([C@H](N)CC(F)F)c(Cl)c1OC. The van der Waals surface area contributed by atoms with Gasteiger partial charge in [0.25, 0.3) is 0 Å². The molecule has 0 aliphatic rings. The maximum Gasteiger partial charge on any atom is 0.240 e. The minimum Gasteiger partial charge on any atom is -0.493 e. The summed E-state index contributed by atoms with van der Waals surface area (Å²) in [5.74, 6) is 0.738. The molecule has 0 bridgehead atoms. The maximum atomic E-state index is 12.3. The van der Waals surface area contributed by atoms with Crippen molar-refractivity contribution in [3.8, 4) is 11.5 Å². The van der Waals surface area contributed by atoms with E-state index in [1.807, 2.05) is 0 Å². The minimum atomic E-state index is -2.48. The topological polar surface area (TPSA) is 44.5 Å². The highest BCUT2D eigenvalue weighted by atomic mass is 35.5. The third-order valence-electron chi connectivity index (χ3n) is 2.35. The molecule has 0 saturated heterocycles. The van der Waals surface area contributed by atoms with Gasteiger partial charge in [-0.2, -0.15) is 0 Å². The standard InChI is InChI=1S/C11H14ClF2NO2/c1-16-8-4-3-6(7(15)5-9(13)14)10(12)11(8)17-2/h3-4,7,9H,5,15H2,1-2H3/t7-/m1/s1. The number of halogens is 3. The maximum absolute atomic E-state index is 12.3. The largest absolute Gasteiger partial charge is 0.493 e. The Hall–Kier alpha value is -1.07. The smallest absolute Gasteiger partial charge is 0.240 e. The van der Waals surface area contributed by atoms with Crippen molar-refractivity contribution in [2.75, 3.05) is 14.2 Å². The molecular formula is C11H14ClF2NO2. The van der Waals surface area contributed by atoms with Crippen molar-refractivity contribution in [2.24, 2.45) is 5.73 Å². The average Bonchev–Trinajstić information content (AvgIpc) is 2.27. The van der Waals surface area contributed by atoms with Crippen LogP contribution in [0.25, 0.3) is 0 Å². The van der Waals surface area contributed by atoms with Crippen molar-refractivity contribution in [1.29, 1.82) is 0 Å². The number of rotatable bonds is 5. The summed E-state index contributed by atoms with van der Waals surface area (Å²) >= 11 is 6.04. The molecule has 96 valence electrons. The highest BCUT2D eigenvalue weighted by Crippen LogP contribution is 2.39. The van der Waals surface area contributed by atoms with Crippen LogP contribution in [-0.4, -0.2) is 20.6 Å². The van der Waals surface area contributed by atoms with Crippen molar-refractivity contribution in [1.82, 2.24) is 0 Å². The van der Waals surface area contributed by atoms with Crippen molar-refractivity contribution >= 4 is 11.6 Å². The molecule has 1 rings (SSSR count). The van der Waals surface area contributed by atoms with Gasteiger partial charge in [-0.3, -0.25) is 0 Å². The Morgan fingerprint density at radius 1 is 1.29 bits per heavy atom. The molecule has 2 N–H and O–H groups in total. The van der Waals surface area contributed by atoms with Crippen LogP contribution in [-0.2, 0) is 0 Å². The monoisotopic (exact) mass is 265 g/mol. The highest BCUT2D eigenvalue weighted by molar-refractivity contribution is 6.33. The van der Waals surface area contributed by atoms with Gasteiger partial charge in [0, 0.05) is 12.5 Å². The summed E-state index contributed by atoms with van der Waals surface area (Å²) < 4.78 is 34.6. The zero-order chi connectivity index (χ0) is 13.0. The van der Waals surface area contributed by atoms with Crippen LogP contribution in [0.3, 0.4) is 0 Å². The van der Waals surface area contributed by atoms with E-state index < -0.39 is 18.9 Å². The molecule has 1 atom stereocenters. The highest BCUT2D eigenvalue weighted by Gasteiger charge is 2.20. The van der Waals surface area contributed by atoms with Gasteiger partial charge in [-0.25, -0.2) is 8.78 Å². The summed E-state index contributed by atoms with van der Waals surface area (Å²) in [7, 11) is 2.89. The Balaban J connectivity index is 3.09. The van der Waals surface area contributed by atoms with Crippen LogP contribution in [0.15, 0.2) is 12.1 Å². The van der Waals surface area contributed by atoms with Crippen LogP contribution in [0.4, 0.5) is 8.78 Å². The second kappa shape index (κ2) is 6.02. The molecule has 0 aromatic heterocycles. The molecule has 6 heteroatoms. The number of benzene rings is 1. The van der Waals surface area contributed by atoms with Gasteiger partial charge >= 0.3 is 0 Å². The molecule has 0 heterocycles. The molecule has 0 saturated carbocycles. The lowest BCUT2D eigenvalue weighted by Crippen LogP contribution is -2.14. The second-order valence-corrected chi connectivity index (χ2v) is 3.82. The quantitative estimate of drug-likeness (QED) is 0.890. The predicted molar refractivity (Wildman–Crippen MR) is 62.1 cm³/mol. The van der Waals surface area contributed by atoms with Gasteiger partial charge in [-0.15, -0.1) is 0 Å². The summed E-state index contributed by atoms with van der Waals surface area (Å²) in [4.78, 5) is 0. The normalized spacial score (nSPS) is 12.6. The number of methoxy groups -OCH3 is 2. The van der Waals surface area contributed by atoms with E-state index in [1.165, 1.54) is 14.2 Å². The van der Waals surface area contributed by atoms with E-state index in [9.17, 15) is 8.78 Å². The van der Waals surface area contributed by atoms with E-state index in [1.54, 1.807) is 12.1 Å². The van der Waals surface area contributed by atoms with Crippen molar-refractivity contribution in [2.45, 2.75) is 18.9 Å². The van der Waals surface area contributed by atoms with Gasteiger partial charge in [0.05, 0.1) is 19.2 Å². The van der Waals surface area contributed by atoms with Crippen molar-refractivity contribution in [3.05, 3.63) is 22.7 Å². The van der Waals surface area contributed by atoms with Crippen LogP contribution >= 0.6 is 11.6 Å². The van der Waals surface area contributed by atoms with Gasteiger partial charge in [0.15, 0.2) is 11.5 Å². The third-order valence-corrected chi connectivity index (χ3v) is 2.74. The third kappa shape index (κ3) is 3.20. The van der Waals surface area contributed by atoms with Crippen LogP contribution in [0.5, 0.6) is 11.5 Å². The summed E-state index contributed by atoms with van der Waals surface area (Å²) in [6, 6.07) is 2.32. The summed E-state index contributed by atoms with van der Waals surface area (Å²) in [5.41, 5.74) is 6.07. The molecule has 0 spiro atoms. The zero-order valence-corrected chi connectivity index (χ0v) is 10.3. The van der Waals surface area contributed by atoms with Crippen LogP contribution in [0, 0.1) is 0 Å². The molecule has 0 amide bonds. The average molecular weight is 266 g/mol. The molecule has 17 heavy (non-hydrogen) atoms. The lowest BCUT2D eigenvalue weighted by molar-refractivity contribution is 0.128. The summed E-state index contributed by atoms with van der Waals surface area (Å²) in [6.07, 6.45) is -2.93. The molecule has 0 radical (unpaired) electrons. The molecule has 3 nitrogen and oxygen atoms in total. The summed E-state index contributed by atoms with van der Waals surface area (Å²) in [5, 5.41) is 0.208. The van der Waals surface area contributed by atoms with Gasteiger partial charge in [0.2, 0.25) is 6.43 Å². The van der Waals surface area contributed by atoms with E-state index in [0.717, 1.165) is 0 Å². The van der Waals surface area contributed by atoms with E-state index in [0.29, 0.717) is 17.1 Å². The first-order valence-corrected chi connectivity index (χ1v) is 5.33. The van der Waals surface area contributed by atoms with Crippen molar-refractivity contribution < 1.29 is 18.3 Å². The fourth-order valence-electron chi connectivity index (χ4n) is 1.51. The Morgan fingerprint density at radius 3 is 2.41 bits per heavy atom. The van der Waals surface area contributed by atoms with E-state index >= 15 is 0 Å². The molecule has 0 aliphatic carbocycles. The molecule has 1 aromatic carbocycles. The predicted octanol–water partition coefficient (Wildman–Crippen LogP) is 3.01. The minimum absolute atomic E-state index is 0.208. The zero-order valence-electron chi connectivity index (χ0n) is 9.54. The Labute approximate surface area is 103 Å². The first-order valence-electron chi connectivity index (χ1n) is 4.95. The molecule has 0 unspecified atom stereocenters. The van der Waals surface area contributed by atoms with Crippen LogP contribution in [0.2, 0.25) is 5.02 Å². The number of nitrogens with two attached hydrogens (primary N) is 1. The van der Waals surface area contributed by atoms with Gasteiger partial charge in [0.1, 0.15) is 0 Å². The Morgan fingerprint density at radius 2 is 1.94 bits per heavy atom. The molecular weight excluding hydrogens is 252 g/mol. The van der Waals surface area contributed by atoms with E-state index in [4.69, 9.17) is 26.8 Å². The first-order chi connectivity index (χ1) is 8.01. The second-order valence-electron chi connectivity index (χ2n) is 3.44. The fraction of sp³-hybridized carbons (Fsp3) is 0.455. The number of hydrogen-bond donors (Lipinski definition) is 1. The lowest BCUT2D eigenvalue weighted by Gasteiger charge is -2.17. The van der Waals surface area contributed by atoms with Gasteiger partial charge in [-0.1, -0.05) is 17.7 Å². The summed E-state index contributed by atoms with van der Waals surface area (Å²) in [6.45, 7) is 0. The molecule has 0 aliphatic heterocycles. The van der Waals surface area contributed by atoms with Gasteiger partial charge in [-0.05, 0) is 11.6 Å². The fourth-order valence-corrected chi connectivity index (χ4v) is 1.88. The van der Waals surface area contributed by atoms with Crippen molar-refractivity contribution in [3.63, 3.8) is 0 Å². The molecule has 1 aromatic rings. The Kier molecular flexibility index (Phi) is 4.96. The Bertz CT molecular complexity index is 388. The number of ether oxygens (including phenoxy) is 2. The van der Waals surface area contributed by atoms with Crippen LogP contribution in [0.1, 0.15) is 18.0 Å². The number of alkyl halides is 2. The van der Waals surface area contributed by atoms with E-state index in [-0.39, 0.29) is 5.02 Å². The lowest BCUT2D eigenvalue weighted by atomic mass is 10.0. The molecule has 0 fully saturated rings. The van der Waals surface area contributed by atoms with E-state index in [2.05, 4.69) is 0 Å². The van der Waals surface area contributed by atoms with Gasteiger partial charge < -0.3 is 15.2 Å². The number of hydrogen-bond acceptors (Lipinski definition) is 3.